The minimum absolute atomic E-state index is 0.219. The minimum atomic E-state index is -0.219. The van der Waals surface area contributed by atoms with E-state index in [9.17, 15) is 5.11 Å². The van der Waals surface area contributed by atoms with E-state index in [1.807, 2.05) is 6.92 Å². The van der Waals surface area contributed by atoms with Crippen molar-refractivity contribution in [3.63, 3.8) is 0 Å². The zero-order valence-electron chi connectivity index (χ0n) is 10.6. The number of ether oxygens (including phenoxy) is 1. The molecule has 94 valence electrons. The Balaban J connectivity index is 1.92. The molecule has 0 aromatic heterocycles. The van der Waals surface area contributed by atoms with Gasteiger partial charge in [-0.25, -0.2) is 0 Å². The van der Waals surface area contributed by atoms with Crippen molar-refractivity contribution in [2.45, 2.75) is 51.6 Å². The van der Waals surface area contributed by atoms with Gasteiger partial charge in [-0.15, -0.1) is 0 Å². The standard InChI is InChI=1S/C15H22O2/c1-12(16)6-5-11-17-15-10-4-8-13-7-2-3-9-14(13)15/h4,8,10,12,16H,2-3,5-7,9,11H2,1H3. The van der Waals surface area contributed by atoms with E-state index < -0.39 is 0 Å². The number of hydrogen-bond acceptors (Lipinski definition) is 2. The molecule has 0 heterocycles. The highest BCUT2D eigenvalue weighted by atomic mass is 16.5. The summed E-state index contributed by atoms with van der Waals surface area (Å²) in [6, 6.07) is 6.39. The maximum absolute atomic E-state index is 9.19. The molecule has 0 saturated carbocycles. The molecule has 1 atom stereocenters. The van der Waals surface area contributed by atoms with Crippen LogP contribution in [0.2, 0.25) is 0 Å². The predicted octanol–water partition coefficient (Wildman–Crippen LogP) is 3.11. The fourth-order valence-electron chi connectivity index (χ4n) is 2.44. The molecule has 1 aromatic carbocycles. The molecule has 2 rings (SSSR count). The van der Waals surface area contributed by atoms with Crippen LogP contribution >= 0.6 is 0 Å². The Morgan fingerprint density at radius 1 is 1.29 bits per heavy atom. The van der Waals surface area contributed by atoms with E-state index in [4.69, 9.17) is 4.74 Å². The molecule has 1 unspecified atom stereocenters. The summed E-state index contributed by atoms with van der Waals surface area (Å²) in [7, 11) is 0. The van der Waals surface area contributed by atoms with E-state index in [1.54, 1.807) is 0 Å². The monoisotopic (exact) mass is 234 g/mol. The molecule has 0 spiro atoms. The highest BCUT2D eigenvalue weighted by Crippen LogP contribution is 2.29. The highest BCUT2D eigenvalue weighted by Gasteiger charge is 2.13. The predicted molar refractivity (Wildman–Crippen MR) is 69.5 cm³/mol. The summed E-state index contributed by atoms with van der Waals surface area (Å²) in [6.07, 6.45) is 6.45. The lowest BCUT2D eigenvalue weighted by molar-refractivity contribution is 0.170. The first-order valence-electron chi connectivity index (χ1n) is 6.69. The van der Waals surface area contributed by atoms with Gasteiger partial charge in [-0.1, -0.05) is 12.1 Å². The van der Waals surface area contributed by atoms with Crippen LogP contribution in [0.3, 0.4) is 0 Å². The SMILES string of the molecule is CC(O)CCCOc1cccc2c1CCCC2. The van der Waals surface area contributed by atoms with Crippen molar-refractivity contribution in [1.29, 1.82) is 0 Å². The van der Waals surface area contributed by atoms with E-state index in [2.05, 4.69) is 18.2 Å². The lowest BCUT2D eigenvalue weighted by Crippen LogP contribution is -2.08. The molecule has 0 radical (unpaired) electrons. The van der Waals surface area contributed by atoms with Crippen LogP contribution in [0.15, 0.2) is 18.2 Å². The number of rotatable bonds is 5. The first-order chi connectivity index (χ1) is 8.27. The molecule has 0 amide bonds. The van der Waals surface area contributed by atoms with Crippen molar-refractivity contribution in [3.05, 3.63) is 29.3 Å². The van der Waals surface area contributed by atoms with Crippen LogP contribution < -0.4 is 4.74 Å². The molecule has 1 N–H and O–H groups in total. The van der Waals surface area contributed by atoms with Gasteiger partial charge in [0, 0.05) is 0 Å². The van der Waals surface area contributed by atoms with Crippen LogP contribution in [-0.2, 0) is 12.8 Å². The molecule has 17 heavy (non-hydrogen) atoms. The number of fused-ring (bicyclic) bond motifs is 1. The Morgan fingerprint density at radius 2 is 2.12 bits per heavy atom. The van der Waals surface area contributed by atoms with E-state index in [0.717, 1.165) is 25.0 Å². The van der Waals surface area contributed by atoms with E-state index in [-0.39, 0.29) is 6.10 Å². The van der Waals surface area contributed by atoms with Crippen LogP contribution in [-0.4, -0.2) is 17.8 Å². The Hall–Kier alpha value is -1.02. The van der Waals surface area contributed by atoms with Crippen molar-refractivity contribution in [2.75, 3.05) is 6.61 Å². The number of aryl methyl sites for hydroxylation is 1. The van der Waals surface area contributed by atoms with Crippen molar-refractivity contribution in [1.82, 2.24) is 0 Å². The second-order valence-electron chi connectivity index (χ2n) is 4.94. The fourth-order valence-corrected chi connectivity index (χ4v) is 2.44. The maximum atomic E-state index is 9.19. The van der Waals surface area contributed by atoms with Crippen molar-refractivity contribution < 1.29 is 9.84 Å². The molecule has 0 saturated heterocycles. The summed E-state index contributed by atoms with van der Waals surface area (Å²) in [5.74, 6) is 1.06. The molecule has 1 aromatic rings. The smallest absolute Gasteiger partial charge is 0.122 e. The Kier molecular flexibility index (Phi) is 4.43. The van der Waals surface area contributed by atoms with Gasteiger partial charge in [0.05, 0.1) is 12.7 Å². The Bertz CT molecular complexity index is 358. The van der Waals surface area contributed by atoms with Crippen molar-refractivity contribution in [2.24, 2.45) is 0 Å². The van der Waals surface area contributed by atoms with Crippen LogP contribution in [0.5, 0.6) is 5.75 Å². The topological polar surface area (TPSA) is 29.5 Å². The van der Waals surface area contributed by atoms with E-state index >= 15 is 0 Å². The molecule has 0 fully saturated rings. The second-order valence-corrected chi connectivity index (χ2v) is 4.94. The van der Waals surface area contributed by atoms with Gasteiger partial charge >= 0.3 is 0 Å². The van der Waals surface area contributed by atoms with Crippen molar-refractivity contribution in [3.8, 4) is 5.75 Å². The normalized spacial score (nSPS) is 16.4. The third kappa shape index (κ3) is 3.47. The Labute approximate surface area is 104 Å². The molecule has 2 heteroatoms. The number of aliphatic hydroxyl groups is 1. The van der Waals surface area contributed by atoms with Gasteiger partial charge in [0.1, 0.15) is 5.75 Å². The summed E-state index contributed by atoms with van der Waals surface area (Å²) in [5, 5.41) is 9.19. The van der Waals surface area contributed by atoms with Crippen LogP contribution in [0.25, 0.3) is 0 Å². The lowest BCUT2D eigenvalue weighted by Gasteiger charge is -2.19. The third-order valence-electron chi connectivity index (χ3n) is 3.38. The molecule has 0 bridgehead atoms. The van der Waals surface area contributed by atoms with Gasteiger partial charge in [-0.3, -0.25) is 0 Å². The van der Waals surface area contributed by atoms with Crippen molar-refractivity contribution >= 4 is 0 Å². The largest absolute Gasteiger partial charge is 0.493 e. The summed E-state index contributed by atoms with van der Waals surface area (Å²) in [6.45, 7) is 2.53. The number of benzene rings is 1. The van der Waals surface area contributed by atoms with Gasteiger partial charge < -0.3 is 9.84 Å². The summed E-state index contributed by atoms with van der Waals surface area (Å²) in [5.41, 5.74) is 2.88. The van der Waals surface area contributed by atoms with Gasteiger partial charge in [-0.2, -0.15) is 0 Å². The summed E-state index contributed by atoms with van der Waals surface area (Å²) in [4.78, 5) is 0. The summed E-state index contributed by atoms with van der Waals surface area (Å²) >= 11 is 0. The van der Waals surface area contributed by atoms with Gasteiger partial charge in [0.15, 0.2) is 0 Å². The molecular formula is C15H22O2. The number of aliphatic hydroxyl groups excluding tert-OH is 1. The van der Waals surface area contributed by atoms with E-state index in [0.29, 0.717) is 6.61 Å². The quantitative estimate of drug-likeness (QED) is 0.793. The maximum Gasteiger partial charge on any atom is 0.122 e. The van der Waals surface area contributed by atoms with Crippen LogP contribution in [0.4, 0.5) is 0 Å². The highest BCUT2D eigenvalue weighted by molar-refractivity contribution is 5.41. The van der Waals surface area contributed by atoms with Crippen LogP contribution in [0, 0.1) is 0 Å². The molecule has 0 aliphatic heterocycles. The zero-order valence-corrected chi connectivity index (χ0v) is 10.6. The molecule has 1 aliphatic rings. The second kappa shape index (κ2) is 6.06. The third-order valence-corrected chi connectivity index (χ3v) is 3.38. The van der Waals surface area contributed by atoms with Gasteiger partial charge in [0.2, 0.25) is 0 Å². The first kappa shape index (κ1) is 12.4. The Morgan fingerprint density at radius 3 is 2.94 bits per heavy atom. The number of hydrogen-bond donors (Lipinski definition) is 1. The zero-order chi connectivity index (χ0) is 12.1. The molecule has 1 aliphatic carbocycles. The minimum Gasteiger partial charge on any atom is -0.493 e. The summed E-state index contributed by atoms with van der Waals surface area (Å²) < 4.78 is 5.84. The van der Waals surface area contributed by atoms with E-state index in [1.165, 1.54) is 30.4 Å². The van der Waals surface area contributed by atoms with Gasteiger partial charge in [0.25, 0.3) is 0 Å². The van der Waals surface area contributed by atoms with Gasteiger partial charge in [-0.05, 0) is 62.6 Å². The molecule has 2 nitrogen and oxygen atoms in total. The molecular weight excluding hydrogens is 212 g/mol. The lowest BCUT2D eigenvalue weighted by atomic mass is 9.91. The average Bonchev–Trinajstić information content (AvgIpc) is 2.34. The fraction of sp³-hybridized carbons (Fsp3) is 0.600. The van der Waals surface area contributed by atoms with Crippen LogP contribution in [0.1, 0.15) is 43.7 Å². The first-order valence-corrected chi connectivity index (χ1v) is 6.69. The average molecular weight is 234 g/mol.